The van der Waals surface area contributed by atoms with Gasteiger partial charge in [-0.05, 0) is 48.9 Å². The maximum atomic E-state index is 11.7. The van der Waals surface area contributed by atoms with E-state index in [0.29, 0.717) is 12.0 Å². The molecule has 8 nitrogen and oxygen atoms in total. The van der Waals surface area contributed by atoms with Gasteiger partial charge in [0.05, 0.1) is 6.20 Å². The molecule has 2 fully saturated rings. The third-order valence-corrected chi connectivity index (χ3v) is 5.83. The van der Waals surface area contributed by atoms with E-state index in [1.54, 1.807) is 0 Å². The zero-order valence-electron chi connectivity index (χ0n) is 18.4. The molecule has 0 spiro atoms. The third-order valence-electron chi connectivity index (χ3n) is 5.83. The zero-order valence-corrected chi connectivity index (χ0v) is 18.4. The minimum atomic E-state index is -0.0464. The summed E-state index contributed by atoms with van der Waals surface area (Å²) in [5.74, 6) is 2.13. The molecule has 2 N–H and O–H groups in total. The zero-order chi connectivity index (χ0) is 21.6. The molecule has 1 aromatic heterocycles. The van der Waals surface area contributed by atoms with Gasteiger partial charge in [0.25, 0.3) is 5.91 Å². The number of amides is 1. The van der Waals surface area contributed by atoms with Crippen molar-refractivity contribution in [2.45, 2.75) is 37.6 Å². The van der Waals surface area contributed by atoms with Gasteiger partial charge >= 0.3 is 0 Å². The molecule has 31 heavy (non-hydrogen) atoms. The molecule has 1 atom stereocenters. The molecule has 2 heterocycles. The van der Waals surface area contributed by atoms with Crippen LogP contribution in [0.4, 0.5) is 0 Å². The topological polar surface area (TPSA) is 83.8 Å². The summed E-state index contributed by atoms with van der Waals surface area (Å²) in [6, 6.07) is 8.31. The molecule has 1 saturated heterocycles. The number of hydrogen-bond donors (Lipinski definition) is 2. The summed E-state index contributed by atoms with van der Waals surface area (Å²) < 4.78 is 7.43. The average Bonchev–Trinajstić information content (AvgIpc) is 3.26. The molecular weight excluding hydrogens is 392 g/mol. The average molecular weight is 425 g/mol. The predicted octanol–water partition coefficient (Wildman–Crippen LogP) is 1.68. The summed E-state index contributed by atoms with van der Waals surface area (Å²) in [4.78, 5) is 18.5. The molecule has 1 unspecified atom stereocenters. The Balaban J connectivity index is 1.18. The summed E-state index contributed by atoms with van der Waals surface area (Å²) in [5, 5.41) is 10.7. The van der Waals surface area contributed by atoms with E-state index in [9.17, 15) is 4.79 Å². The Morgan fingerprint density at radius 1 is 1.26 bits per heavy atom. The summed E-state index contributed by atoms with van der Waals surface area (Å²) in [5.41, 5.74) is 2.51. The molecule has 2 aliphatic rings. The van der Waals surface area contributed by atoms with Gasteiger partial charge in [0.2, 0.25) is 0 Å². The third kappa shape index (κ3) is 5.99. The van der Waals surface area contributed by atoms with Gasteiger partial charge in [0.15, 0.2) is 12.6 Å². The van der Waals surface area contributed by atoms with Gasteiger partial charge in [-0.3, -0.25) is 14.5 Å². The van der Waals surface area contributed by atoms with Gasteiger partial charge in [-0.15, -0.1) is 0 Å². The van der Waals surface area contributed by atoms with Crippen LogP contribution in [0.1, 0.15) is 36.3 Å². The fourth-order valence-electron chi connectivity index (χ4n) is 3.92. The molecule has 0 bridgehead atoms. The van der Waals surface area contributed by atoms with Crippen molar-refractivity contribution < 1.29 is 9.53 Å². The molecule has 0 radical (unpaired) electrons. The first-order valence-corrected chi connectivity index (χ1v) is 11.1. The Morgan fingerprint density at radius 3 is 2.74 bits per heavy atom. The van der Waals surface area contributed by atoms with Gasteiger partial charge in [0.1, 0.15) is 5.75 Å². The second kappa shape index (κ2) is 9.85. The smallest absolute Gasteiger partial charge is 0.258 e. The quantitative estimate of drug-likeness (QED) is 0.498. The second-order valence-corrected chi connectivity index (χ2v) is 8.38. The first-order valence-electron chi connectivity index (χ1n) is 11.1. The van der Waals surface area contributed by atoms with E-state index in [1.165, 1.54) is 11.1 Å². The van der Waals surface area contributed by atoms with E-state index in [-0.39, 0.29) is 12.5 Å². The number of nitrogens with one attached hydrogen (secondary N) is 2. The molecule has 1 saturated carbocycles. The van der Waals surface area contributed by atoms with Gasteiger partial charge in [0, 0.05) is 51.9 Å². The van der Waals surface area contributed by atoms with Crippen LogP contribution in [0, 0.1) is 0 Å². The molecule has 1 aliphatic carbocycles. The Bertz CT molecular complexity index is 903. The number of aryl methyl sites for hydroxylation is 1. The highest BCUT2D eigenvalue weighted by Gasteiger charge is 2.26. The largest absolute Gasteiger partial charge is 0.484 e. The van der Waals surface area contributed by atoms with Crippen molar-refractivity contribution in [3.63, 3.8) is 0 Å². The SMILES string of the molecule is CN=C(NCCc1ccc(OCC(=O)NC2CC2)cc1)N1CCC(c2cnn(C)c2)C1. The van der Waals surface area contributed by atoms with Crippen molar-refractivity contribution in [1.29, 1.82) is 0 Å². The number of carbonyl (C=O) groups excluding carboxylic acids is 1. The maximum absolute atomic E-state index is 11.7. The van der Waals surface area contributed by atoms with Crippen LogP contribution < -0.4 is 15.4 Å². The van der Waals surface area contributed by atoms with Crippen LogP contribution in [0.15, 0.2) is 41.7 Å². The highest BCUT2D eigenvalue weighted by Crippen LogP contribution is 2.26. The number of aliphatic imine (C=N–C) groups is 1. The normalized spacial score (nSPS) is 18.8. The van der Waals surface area contributed by atoms with E-state index < -0.39 is 0 Å². The minimum absolute atomic E-state index is 0.0464. The van der Waals surface area contributed by atoms with Crippen LogP contribution in [-0.2, 0) is 18.3 Å². The van der Waals surface area contributed by atoms with Gasteiger partial charge in [-0.1, -0.05) is 12.1 Å². The number of nitrogens with zero attached hydrogens (tertiary/aromatic N) is 4. The van der Waals surface area contributed by atoms with Crippen LogP contribution in [0.2, 0.25) is 0 Å². The molecule has 1 aromatic carbocycles. The lowest BCUT2D eigenvalue weighted by Crippen LogP contribution is -2.40. The maximum Gasteiger partial charge on any atom is 0.258 e. The van der Waals surface area contributed by atoms with Crippen LogP contribution in [-0.4, -0.2) is 65.9 Å². The van der Waals surface area contributed by atoms with Gasteiger partial charge in [-0.2, -0.15) is 5.10 Å². The van der Waals surface area contributed by atoms with E-state index >= 15 is 0 Å². The number of ether oxygens (including phenoxy) is 1. The molecule has 2 aromatic rings. The fourth-order valence-corrected chi connectivity index (χ4v) is 3.92. The molecule has 4 rings (SSSR count). The fraction of sp³-hybridized carbons (Fsp3) is 0.522. The second-order valence-electron chi connectivity index (χ2n) is 8.38. The summed E-state index contributed by atoms with van der Waals surface area (Å²) in [6.45, 7) is 2.85. The number of benzene rings is 1. The Morgan fingerprint density at radius 2 is 2.06 bits per heavy atom. The number of rotatable bonds is 8. The summed E-state index contributed by atoms with van der Waals surface area (Å²) >= 11 is 0. The number of hydrogen-bond acceptors (Lipinski definition) is 4. The van der Waals surface area contributed by atoms with Crippen molar-refractivity contribution in [3.8, 4) is 5.75 Å². The van der Waals surface area contributed by atoms with Crippen LogP contribution >= 0.6 is 0 Å². The first-order chi connectivity index (χ1) is 15.1. The van der Waals surface area contributed by atoms with E-state index in [2.05, 4.69) is 31.8 Å². The van der Waals surface area contributed by atoms with Crippen molar-refractivity contribution >= 4 is 11.9 Å². The lowest BCUT2D eigenvalue weighted by Gasteiger charge is -2.21. The van der Waals surface area contributed by atoms with Crippen molar-refractivity contribution in [2.24, 2.45) is 12.0 Å². The van der Waals surface area contributed by atoms with Crippen molar-refractivity contribution in [1.82, 2.24) is 25.3 Å². The van der Waals surface area contributed by atoms with Crippen molar-refractivity contribution in [2.75, 3.05) is 33.3 Å². The van der Waals surface area contributed by atoms with Crippen LogP contribution in [0.5, 0.6) is 5.75 Å². The monoisotopic (exact) mass is 424 g/mol. The summed E-state index contributed by atoms with van der Waals surface area (Å²) in [7, 11) is 3.80. The van der Waals surface area contributed by atoms with E-state index in [1.807, 2.05) is 49.2 Å². The van der Waals surface area contributed by atoms with Crippen molar-refractivity contribution in [3.05, 3.63) is 47.8 Å². The highest BCUT2D eigenvalue weighted by atomic mass is 16.5. The first kappa shape index (κ1) is 21.2. The Kier molecular flexibility index (Phi) is 6.74. The van der Waals surface area contributed by atoms with Gasteiger partial charge in [-0.25, -0.2) is 0 Å². The Hall–Kier alpha value is -3.03. The lowest BCUT2D eigenvalue weighted by molar-refractivity contribution is -0.123. The van der Waals surface area contributed by atoms with Gasteiger partial charge < -0.3 is 20.3 Å². The predicted molar refractivity (Wildman–Crippen MR) is 120 cm³/mol. The summed E-state index contributed by atoms with van der Waals surface area (Å²) in [6.07, 6.45) is 8.26. The van der Waals surface area contributed by atoms with E-state index in [4.69, 9.17) is 4.74 Å². The molecule has 1 aliphatic heterocycles. The molecular formula is C23H32N6O2. The number of carbonyl (C=O) groups is 1. The van der Waals surface area contributed by atoms with Crippen LogP contribution in [0.25, 0.3) is 0 Å². The lowest BCUT2D eigenvalue weighted by atomic mass is 10.0. The standard InChI is InChI=1S/C23H32N6O2/c1-24-23(29-12-10-18(15-29)19-13-26-28(2)14-19)25-11-9-17-3-7-21(8-4-17)31-16-22(30)27-20-5-6-20/h3-4,7-8,13-14,18,20H,5-6,9-12,15-16H2,1-2H3,(H,24,25)(H,27,30). The number of guanidine groups is 1. The highest BCUT2D eigenvalue weighted by molar-refractivity contribution is 5.80. The number of likely N-dealkylation sites (tertiary alicyclic amines) is 1. The molecule has 8 heteroatoms. The van der Waals surface area contributed by atoms with Crippen LogP contribution in [0.3, 0.4) is 0 Å². The molecule has 166 valence electrons. The van der Waals surface area contributed by atoms with E-state index in [0.717, 1.165) is 57.0 Å². The number of aromatic nitrogens is 2. The molecule has 1 amide bonds. The Labute approximate surface area is 183 Å². The minimum Gasteiger partial charge on any atom is -0.484 e.